The van der Waals surface area contributed by atoms with Gasteiger partial charge in [-0.2, -0.15) is 0 Å². The van der Waals surface area contributed by atoms with Crippen LogP contribution < -0.4 is 5.32 Å². The Bertz CT molecular complexity index is 272. The second-order valence-electron chi connectivity index (χ2n) is 3.62. The zero-order chi connectivity index (χ0) is 9.26. The molecule has 0 unspecified atom stereocenters. The van der Waals surface area contributed by atoms with Crippen LogP contribution in [0.4, 0.5) is 0 Å². The Labute approximate surface area is 86.7 Å². The predicted molar refractivity (Wildman–Crippen MR) is 55.4 cm³/mol. The molecule has 0 atom stereocenters. The summed E-state index contributed by atoms with van der Waals surface area (Å²) in [5, 5.41) is 3.48. The van der Waals surface area contributed by atoms with Gasteiger partial charge in [-0.15, -0.1) is 0 Å². The van der Waals surface area contributed by atoms with Crippen molar-refractivity contribution in [1.82, 2.24) is 14.9 Å². The summed E-state index contributed by atoms with van der Waals surface area (Å²) in [6, 6.07) is 0.737. The van der Waals surface area contributed by atoms with Crippen LogP contribution in [0.25, 0.3) is 0 Å². The normalized spacial score (nSPS) is 17.4. The Morgan fingerprint density at radius 3 is 2.92 bits per heavy atom. The molecule has 0 spiro atoms. The van der Waals surface area contributed by atoms with Crippen molar-refractivity contribution >= 4 is 15.9 Å². The maximum absolute atomic E-state index is 4.36. The van der Waals surface area contributed by atoms with Gasteiger partial charge < -0.3 is 9.88 Å². The minimum absolute atomic E-state index is 0.737. The molecule has 0 aliphatic heterocycles. The number of aromatic nitrogens is 2. The molecule has 0 saturated heterocycles. The lowest BCUT2D eigenvalue weighted by Crippen LogP contribution is -2.34. The van der Waals surface area contributed by atoms with Crippen LogP contribution >= 0.6 is 15.9 Å². The summed E-state index contributed by atoms with van der Waals surface area (Å²) < 4.78 is 2.88. The van der Waals surface area contributed by atoms with Crippen molar-refractivity contribution in [1.29, 1.82) is 0 Å². The molecular formula is C9H14BrN3. The lowest BCUT2D eigenvalue weighted by atomic mass is 9.93. The Kier molecular flexibility index (Phi) is 2.69. The smallest absolute Gasteiger partial charge is 0.177 e. The lowest BCUT2D eigenvalue weighted by molar-refractivity contribution is 0.337. The van der Waals surface area contributed by atoms with Crippen LogP contribution in [0.3, 0.4) is 0 Å². The standard InChI is InChI=1S/C9H14BrN3/c1-13-6-8(12-9(13)10)5-11-7-3-2-4-7/h6-7,11H,2-5H2,1H3. The topological polar surface area (TPSA) is 29.9 Å². The lowest BCUT2D eigenvalue weighted by Gasteiger charge is -2.26. The number of aryl methyl sites for hydroxylation is 1. The molecule has 1 aliphatic rings. The third-order valence-electron chi connectivity index (χ3n) is 2.55. The first kappa shape index (κ1) is 9.21. The van der Waals surface area contributed by atoms with Gasteiger partial charge in [-0.25, -0.2) is 4.98 Å². The number of halogens is 1. The molecule has 0 amide bonds. The highest BCUT2D eigenvalue weighted by Gasteiger charge is 2.16. The molecule has 1 aromatic rings. The van der Waals surface area contributed by atoms with Gasteiger partial charge in [0.05, 0.1) is 5.69 Å². The maximum Gasteiger partial charge on any atom is 0.177 e. The van der Waals surface area contributed by atoms with Crippen molar-refractivity contribution in [3.05, 3.63) is 16.6 Å². The zero-order valence-electron chi connectivity index (χ0n) is 7.76. The molecule has 1 saturated carbocycles. The summed E-state index contributed by atoms with van der Waals surface area (Å²) >= 11 is 3.38. The van der Waals surface area contributed by atoms with Crippen LogP contribution in [0.1, 0.15) is 25.0 Å². The van der Waals surface area contributed by atoms with Crippen molar-refractivity contribution in [3.63, 3.8) is 0 Å². The van der Waals surface area contributed by atoms with Crippen LogP contribution in [0.2, 0.25) is 0 Å². The van der Waals surface area contributed by atoms with E-state index in [1.54, 1.807) is 0 Å². The van der Waals surface area contributed by atoms with Gasteiger partial charge in [0.2, 0.25) is 0 Å². The van der Waals surface area contributed by atoms with Crippen LogP contribution in [0.15, 0.2) is 10.9 Å². The number of nitrogens with zero attached hydrogens (tertiary/aromatic N) is 2. The average molecular weight is 244 g/mol. The molecule has 4 heteroatoms. The highest BCUT2D eigenvalue weighted by molar-refractivity contribution is 9.10. The van der Waals surface area contributed by atoms with Gasteiger partial charge in [-0.05, 0) is 28.8 Å². The molecule has 1 heterocycles. The van der Waals surface area contributed by atoms with Gasteiger partial charge in [0.15, 0.2) is 4.73 Å². The largest absolute Gasteiger partial charge is 0.328 e. The minimum Gasteiger partial charge on any atom is -0.328 e. The van der Waals surface area contributed by atoms with E-state index in [0.29, 0.717) is 0 Å². The van der Waals surface area contributed by atoms with E-state index < -0.39 is 0 Å². The molecule has 1 fully saturated rings. The molecule has 1 aromatic heterocycles. The molecule has 2 rings (SSSR count). The van der Waals surface area contributed by atoms with Gasteiger partial charge in [-0.3, -0.25) is 0 Å². The van der Waals surface area contributed by atoms with Crippen LogP contribution in [-0.4, -0.2) is 15.6 Å². The molecule has 1 N–H and O–H groups in total. The number of nitrogens with one attached hydrogen (secondary N) is 1. The fourth-order valence-electron chi connectivity index (χ4n) is 1.45. The minimum atomic E-state index is 0.737. The summed E-state index contributed by atoms with van der Waals surface area (Å²) in [4.78, 5) is 4.36. The molecule has 0 radical (unpaired) electrons. The van der Waals surface area contributed by atoms with Crippen molar-refractivity contribution in [3.8, 4) is 0 Å². The van der Waals surface area contributed by atoms with E-state index in [1.165, 1.54) is 19.3 Å². The molecule has 72 valence electrons. The molecular weight excluding hydrogens is 230 g/mol. The third kappa shape index (κ3) is 2.11. The number of hydrogen-bond donors (Lipinski definition) is 1. The zero-order valence-corrected chi connectivity index (χ0v) is 9.34. The van der Waals surface area contributed by atoms with Crippen molar-refractivity contribution < 1.29 is 0 Å². The molecule has 0 aromatic carbocycles. The molecule has 13 heavy (non-hydrogen) atoms. The average Bonchev–Trinajstić information content (AvgIpc) is 2.28. The van der Waals surface area contributed by atoms with E-state index in [4.69, 9.17) is 0 Å². The molecule has 0 bridgehead atoms. The van der Waals surface area contributed by atoms with Gasteiger partial charge >= 0.3 is 0 Å². The van der Waals surface area contributed by atoms with Gasteiger partial charge in [0.25, 0.3) is 0 Å². The van der Waals surface area contributed by atoms with E-state index in [9.17, 15) is 0 Å². The van der Waals surface area contributed by atoms with E-state index in [-0.39, 0.29) is 0 Å². The molecule has 1 aliphatic carbocycles. The summed E-state index contributed by atoms with van der Waals surface area (Å²) in [7, 11) is 1.99. The summed E-state index contributed by atoms with van der Waals surface area (Å²) in [6.45, 7) is 0.893. The Balaban J connectivity index is 1.86. The second kappa shape index (κ2) is 3.80. The highest BCUT2D eigenvalue weighted by atomic mass is 79.9. The first-order chi connectivity index (χ1) is 6.25. The van der Waals surface area contributed by atoms with Gasteiger partial charge in [-0.1, -0.05) is 6.42 Å². The SMILES string of the molecule is Cn1cc(CNC2CCC2)nc1Br. The summed E-state index contributed by atoms with van der Waals surface area (Å²) in [5.74, 6) is 0. The highest BCUT2D eigenvalue weighted by Crippen LogP contribution is 2.18. The van der Waals surface area contributed by atoms with Crippen molar-refractivity contribution in [2.75, 3.05) is 0 Å². The molecule has 3 nitrogen and oxygen atoms in total. The Morgan fingerprint density at radius 1 is 1.69 bits per heavy atom. The second-order valence-corrected chi connectivity index (χ2v) is 4.33. The van der Waals surface area contributed by atoms with Crippen LogP contribution in [-0.2, 0) is 13.6 Å². The van der Waals surface area contributed by atoms with E-state index >= 15 is 0 Å². The Hall–Kier alpha value is -0.350. The van der Waals surface area contributed by atoms with Crippen LogP contribution in [0.5, 0.6) is 0 Å². The third-order valence-corrected chi connectivity index (χ3v) is 3.28. The predicted octanol–water partition coefficient (Wildman–Crippen LogP) is 1.82. The van der Waals surface area contributed by atoms with E-state index in [0.717, 1.165) is 23.0 Å². The fourth-order valence-corrected chi connectivity index (χ4v) is 1.78. The van der Waals surface area contributed by atoms with Crippen molar-refractivity contribution in [2.24, 2.45) is 7.05 Å². The van der Waals surface area contributed by atoms with Crippen LogP contribution in [0, 0.1) is 0 Å². The number of imidazole rings is 1. The van der Waals surface area contributed by atoms with Crippen molar-refractivity contribution in [2.45, 2.75) is 31.8 Å². The van der Waals surface area contributed by atoms with Gasteiger partial charge in [0.1, 0.15) is 0 Å². The van der Waals surface area contributed by atoms with Gasteiger partial charge in [0, 0.05) is 25.8 Å². The fraction of sp³-hybridized carbons (Fsp3) is 0.667. The van der Waals surface area contributed by atoms with E-state index in [1.807, 2.05) is 11.6 Å². The quantitative estimate of drug-likeness (QED) is 0.878. The monoisotopic (exact) mass is 243 g/mol. The summed E-state index contributed by atoms with van der Waals surface area (Å²) in [5.41, 5.74) is 1.11. The van der Waals surface area contributed by atoms with E-state index in [2.05, 4.69) is 32.4 Å². The summed E-state index contributed by atoms with van der Waals surface area (Å²) in [6.07, 6.45) is 6.08. The number of hydrogen-bond acceptors (Lipinski definition) is 2. The first-order valence-corrected chi connectivity index (χ1v) is 5.46. The maximum atomic E-state index is 4.36. The Morgan fingerprint density at radius 2 is 2.46 bits per heavy atom. The first-order valence-electron chi connectivity index (χ1n) is 4.67. The number of rotatable bonds is 3.